The maximum Gasteiger partial charge on any atom is 0.290 e. The summed E-state index contributed by atoms with van der Waals surface area (Å²) in [5, 5.41) is 4.03. The highest BCUT2D eigenvalue weighted by atomic mass is 16.5. The molecule has 3 aromatic rings. The van der Waals surface area contributed by atoms with Crippen LogP contribution in [0.4, 0.5) is 0 Å². The number of rotatable bonds is 10. The largest absolute Gasteiger partial charge is 0.494 e. The lowest BCUT2D eigenvalue weighted by Crippen LogP contribution is -2.47. The van der Waals surface area contributed by atoms with Crippen LogP contribution in [-0.2, 0) is 11.3 Å². The first-order valence-corrected chi connectivity index (χ1v) is 10.7. The van der Waals surface area contributed by atoms with E-state index in [1.807, 2.05) is 25.1 Å². The summed E-state index contributed by atoms with van der Waals surface area (Å²) in [4.78, 5) is 36.7. The Kier molecular flexibility index (Phi) is 8.61. The monoisotopic (exact) mass is 466 g/mol. The quantitative estimate of drug-likeness (QED) is 0.438. The Morgan fingerprint density at radius 3 is 2.29 bits per heavy atom. The molecular weight excluding hydrogens is 440 g/mol. The van der Waals surface area contributed by atoms with Gasteiger partial charge in [-0.15, -0.1) is 0 Å². The zero-order chi connectivity index (χ0) is 24.3. The zero-order valence-corrected chi connectivity index (χ0v) is 18.9. The zero-order valence-electron chi connectivity index (χ0n) is 18.9. The minimum absolute atomic E-state index is 0.0419. The number of benzene rings is 2. The van der Waals surface area contributed by atoms with Crippen LogP contribution in [0.5, 0.6) is 17.2 Å². The van der Waals surface area contributed by atoms with Crippen LogP contribution in [0.3, 0.4) is 0 Å². The maximum atomic E-state index is 12.4. The van der Waals surface area contributed by atoms with Gasteiger partial charge in [-0.3, -0.25) is 25.2 Å². The molecule has 2 aromatic carbocycles. The number of para-hydroxylation sites is 1. The van der Waals surface area contributed by atoms with Crippen molar-refractivity contribution in [3.63, 3.8) is 0 Å². The summed E-state index contributed by atoms with van der Waals surface area (Å²) in [5.41, 5.74) is 4.14. The number of hydrazine groups is 1. The number of nitrogens with zero attached hydrogens (tertiary/aromatic N) is 2. The molecule has 0 saturated carbocycles. The van der Waals surface area contributed by atoms with E-state index in [1.54, 1.807) is 43.3 Å². The lowest BCUT2D eigenvalue weighted by molar-refractivity contribution is -0.128. The summed E-state index contributed by atoms with van der Waals surface area (Å²) in [6.07, 6.45) is -0.879. The molecule has 0 bridgehead atoms. The van der Waals surface area contributed by atoms with E-state index in [4.69, 9.17) is 14.2 Å². The predicted octanol–water partition coefficient (Wildman–Crippen LogP) is 1.95. The highest BCUT2D eigenvalue weighted by Crippen LogP contribution is 2.18. The minimum Gasteiger partial charge on any atom is -0.494 e. The Balaban J connectivity index is 1.49. The standard InChI is InChI=1S/C24H26N4O6/c1-3-32-19-9-11-20(12-10-19)34-17(2)23(30)25-26-24(31)21-13-14-22(29)28(27-21)15-16-33-18-7-5-4-6-8-18/h4-14,17H,3,15-16H2,1-2H3,(H,25,30)(H,26,31). The Morgan fingerprint density at radius 2 is 1.59 bits per heavy atom. The smallest absolute Gasteiger partial charge is 0.290 e. The third kappa shape index (κ3) is 7.09. The third-order valence-corrected chi connectivity index (χ3v) is 4.53. The molecule has 3 rings (SSSR count). The molecule has 1 atom stereocenters. The molecule has 0 spiro atoms. The van der Waals surface area contributed by atoms with Crippen LogP contribution in [0.25, 0.3) is 0 Å². The molecule has 0 aliphatic rings. The van der Waals surface area contributed by atoms with Crippen LogP contribution in [-0.4, -0.2) is 40.9 Å². The number of carbonyl (C=O) groups excluding carboxylic acids is 2. The van der Waals surface area contributed by atoms with E-state index >= 15 is 0 Å². The highest BCUT2D eigenvalue weighted by molar-refractivity contribution is 5.93. The van der Waals surface area contributed by atoms with E-state index in [0.717, 1.165) is 4.68 Å². The van der Waals surface area contributed by atoms with Crippen LogP contribution in [0.2, 0.25) is 0 Å². The van der Waals surface area contributed by atoms with E-state index in [0.29, 0.717) is 23.9 Å². The number of nitrogens with one attached hydrogen (secondary N) is 2. The summed E-state index contributed by atoms with van der Waals surface area (Å²) in [7, 11) is 0. The Bertz CT molecular complexity index is 1150. The molecule has 1 aromatic heterocycles. The van der Waals surface area contributed by atoms with Crippen molar-refractivity contribution in [1.82, 2.24) is 20.6 Å². The maximum absolute atomic E-state index is 12.4. The van der Waals surface area contributed by atoms with Gasteiger partial charge in [0.15, 0.2) is 11.8 Å². The number of hydrogen-bond acceptors (Lipinski definition) is 7. The number of hydrogen-bond donors (Lipinski definition) is 2. The molecule has 2 amide bonds. The summed E-state index contributed by atoms with van der Waals surface area (Å²) >= 11 is 0. The van der Waals surface area contributed by atoms with E-state index in [1.165, 1.54) is 12.1 Å². The van der Waals surface area contributed by atoms with Crippen molar-refractivity contribution in [3.05, 3.63) is 82.8 Å². The molecule has 10 heteroatoms. The molecular formula is C24H26N4O6. The van der Waals surface area contributed by atoms with Crippen LogP contribution >= 0.6 is 0 Å². The minimum atomic E-state index is -0.879. The number of ether oxygens (including phenoxy) is 3. The molecule has 0 radical (unpaired) electrons. The summed E-state index contributed by atoms with van der Waals surface area (Å²) in [6.45, 7) is 4.32. The van der Waals surface area contributed by atoms with Crippen LogP contribution in [0, 0.1) is 0 Å². The molecule has 2 N–H and O–H groups in total. The number of amides is 2. The molecule has 1 unspecified atom stereocenters. The molecule has 0 aliphatic carbocycles. The van der Waals surface area contributed by atoms with E-state index < -0.39 is 17.9 Å². The first-order chi connectivity index (χ1) is 16.5. The second kappa shape index (κ2) is 12.0. The SMILES string of the molecule is CCOc1ccc(OC(C)C(=O)NNC(=O)c2ccc(=O)n(CCOc3ccccc3)n2)cc1. The average molecular weight is 466 g/mol. The normalized spacial score (nSPS) is 11.2. The third-order valence-electron chi connectivity index (χ3n) is 4.53. The molecule has 0 fully saturated rings. The van der Waals surface area contributed by atoms with Gasteiger partial charge in [0, 0.05) is 6.07 Å². The predicted molar refractivity (Wildman–Crippen MR) is 124 cm³/mol. The number of aromatic nitrogens is 2. The van der Waals surface area contributed by atoms with E-state index in [9.17, 15) is 14.4 Å². The molecule has 0 saturated heterocycles. The first-order valence-electron chi connectivity index (χ1n) is 10.7. The van der Waals surface area contributed by atoms with Gasteiger partial charge in [-0.1, -0.05) is 18.2 Å². The summed E-state index contributed by atoms with van der Waals surface area (Å²) in [6, 6.07) is 18.5. The molecule has 10 nitrogen and oxygen atoms in total. The van der Waals surface area contributed by atoms with Crippen LogP contribution in [0.15, 0.2) is 71.5 Å². The number of carbonyl (C=O) groups is 2. The molecule has 0 aliphatic heterocycles. The average Bonchev–Trinajstić information content (AvgIpc) is 2.85. The molecule has 34 heavy (non-hydrogen) atoms. The fraction of sp³-hybridized carbons (Fsp3) is 0.250. The van der Waals surface area contributed by atoms with Gasteiger partial charge >= 0.3 is 0 Å². The van der Waals surface area contributed by atoms with Gasteiger partial charge in [-0.25, -0.2) is 4.68 Å². The van der Waals surface area contributed by atoms with E-state index in [-0.39, 0.29) is 24.4 Å². The molecule has 1 heterocycles. The van der Waals surface area contributed by atoms with Crippen molar-refractivity contribution in [3.8, 4) is 17.2 Å². The van der Waals surface area contributed by atoms with Gasteiger partial charge in [0.1, 0.15) is 23.9 Å². The highest BCUT2D eigenvalue weighted by Gasteiger charge is 2.17. The van der Waals surface area contributed by atoms with Gasteiger partial charge in [0.2, 0.25) is 0 Å². The van der Waals surface area contributed by atoms with Crippen molar-refractivity contribution < 1.29 is 23.8 Å². The van der Waals surface area contributed by atoms with Crippen molar-refractivity contribution in [2.75, 3.05) is 13.2 Å². The first kappa shape index (κ1) is 24.3. The van der Waals surface area contributed by atoms with Crippen LogP contribution < -0.4 is 30.6 Å². The van der Waals surface area contributed by atoms with Gasteiger partial charge < -0.3 is 14.2 Å². The lowest BCUT2D eigenvalue weighted by Gasteiger charge is -2.15. The van der Waals surface area contributed by atoms with Crippen molar-refractivity contribution >= 4 is 11.8 Å². The van der Waals surface area contributed by atoms with Crippen molar-refractivity contribution in [1.29, 1.82) is 0 Å². The fourth-order valence-corrected chi connectivity index (χ4v) is 2.82. The summed E-state index contributed by atoms with van der Waals surface area (Å²) < 4.78 is 17.6. The van der Waals surface area contributed by atoms with Gasteiger partial charge in [-0.05, 0) is 56.3 Å². The summed E-state index contributed by atoms with van der Waals surface area (Å²) in [5.74, 6) is 0.587. The second-order valence-electron chi connectivity index (χ2n) is 7.05. The van der Waals surface area contributed by atoms with Crippen molar-refractivity contribution in [2.24, 2.45) is 0 Å². The van der Waals surface area contributed by atoms with Gasteiger partial charge in [-0.2, -0.15) is 5.10 Å². The Labute approximate surface area is 196 Å². The van der Waals surface area contributed by atoms with Crippen LogP contribution in [0.1, 0.15) is 24.3 Å². The fourth-order valence-electron chi connectivity index (χ4n) is 2.82. The van der Waals surface area contributed by atoms with Gasteiger partial charge in [0.05, 0.1) is 13.2 Å². The Hall–Kier alpha value is -4.34. The topological polar surface area (TPSA) is 121 Å². The van der Waals surface area contributed by atoms with Gasteiger partial charge in [0.25, 0.3) is 17.4 Å². The lowest BCUT2D eigenvalue weighted by atomic mass is 10.3. The Morgan fingerprint density at radius 1 is 0.912 bits per heavy atom. The second-order valence-corrected chi connectivity index (χ2v) is 7.05. The van der Waals surface area contributed by atoms with E-state index in [2.05, 4.69) is 16.0 Å². The van der Waals surface area contributed by atoms with Crippen molar-refractivity contribution in [2.45, 2.75) is 26.5 Å². The molecule has 178 valence electrons.